The number of benzene rings is 2. The molecule has 0 unspecified atom stereocenters. The SMILES string of the molecule is CCCC1(CCC)Oc2cc(O)c(-n3nc4ccc(Cl)cc4n3)cc2O1. The molecule has 0 bridgehead atoms. The number of halogens is 1. The molecule has 0 saturated heterocycles. The first-order chi connectivity index (χ1) is 12.5. The molecule has 2 heterocycles. The number of phenolic OH excluding ortho intramolecular Hbond substituents is 1. The summed E-state index contributed by atoms with van der Waals surface area (Å²) < 4.78 is 12.2. The fourth-order valence-corrected chi connectivity index (χ4v) is 3.53. The van der Waals surface area contributed by atoms with Crippen molar-refractivity contribution in [1.29, 1.82) is 0 Å². The summed E-state index contributed by atoms with van der Waals surface area (Å²) in [6.45, 7) is 4.20. The number of aromatic nitrogens is 3. The van der Waals surface area contributed by atoms with Crippen molar-refractivity contribution in [3.05, 3.63) is 35.4 Å². The molecule has 1 aliphatic rings. The Kier molecular flexibility index (Phi) is 4.15. The summed E-state index contributed by atoms with van der Waals surface area (Å²) in [6, 6.07) is 8.57. The summed E-state index contributed by atoms with van der Waals surface area (Å²) in [6.07, 6.45) is 3.46. The predicted molar refractivity (Wildman–Crippen MR) is 99.3 cm³/mol. The predicted octanol–water partition coefficient (Wildman–Crippen LogP) is 4.85. The number of phenols is 1. The summed E-state index contributed by atoms with van der Waals surface area (Å²) in [5.41, 5.74) is 1.78. The van der Waals surface area contributed by atoms with Crippen LogP contribution in [0.5, 0.6) is 17.2 Å². The number of ether oxygens (including phenoxy) is 2. The summed E-state index contributed by atoms with van der Waals surface area (Å²) in [5.74, 6) is 0.515. The molecule has 136 valence electrons. The van der Waals surface area contributed by atoms with Gasteiger partial charge in [-0.15, -0.1) is 15.0 Å². The molecule has 2 aromatic carbocycles. The van der Waals surface area contributed by atoms with E-state index in [1.54, 1.807) is 30.3 Å². The zero-order valence-electron chi connectivity index (χ0n) is 14.7. The number of hydrogen-bond donors (Lipinski definition) is 1. The van der Waals surface area contributed by atoms with Gasteiger partial charge < -0.3 is 14.6 Å². The molecule has 0 saturated carbocycles. The van der Waals surface area contributed by atoms with Crippen LogP contribution in [0.3, 0.4) is 0 Å². The lowest BCUT2D eigenvalue weighted by molar-refractivity contribution is -0.0926. The second-order valence-electron chi connectivity index (χ2n) is 6.52. The van der Waals surface area contributed by atoms with Gasteiger partial charge in [0, 0.05) is 30.0 Å². The van der Waals surface area contributed by atoms with Crippen LogP contribution >= 0.6 is 11.6 Å². The number of hydrogen-bond acceptors (Lipinski definition) is 5. The van der Waals surface area contributed by atoms with Crippen LogP contribution in [0.4, 0.5) is 0 Å². The van der Waals surface area contributed by atoms with E-state index in [9.17, 15) is 5.11 Å². The third-order valence-electron chi connectivity index (χ3n) is 4.45. The molecule has 7 heteroatoms. The van der Waals surface area contributed by atoms with E-state index >= 15 is 0 Å². The van der Waals surface area contributed by atoms with Gasteiger partial charge in [0.05, 0.1) is 0 Å². The van der Waals surface area contributed by atoms with E-state index in [1.165, 1.54) is 4.80 Å². The first-order valence-corrected chi connectivity index (χ1v) is 9.19. The number of fused-ring (bicyclic) bond motifs is 2. The first-order valence-electron chi connectivity index (χ1n) is 8.81. The molecule has 1 aliphatic heterocycles. The van der Waals surface area contributed by atoms with E-state index < -0.39 is 5.79 Å². The Morgan fingerprint density at radius 1 is 1.00 bits per heavy atom. The summed E-state index contributed by atoms with van der Waals surface area (Å²) >= 11 is 6.01. The van der Waals surface area contributed by atoms with Gasteiger partial charge in [-0.05, 0) is 31.0 Å². The van der Waals surface area contributed by atoms with Crippen molar-refractivity contribution in [1.82, 2.24) is 15.0 Å². The lowest BCUT2D eigenvalue weighted by Gasteiger charge is -2.26. The van der Waals surface area contributed by atoms with Crippen LogP contribution < -0.4 is 9.47 Å². The Hall–Kier alpha value is -2.47. The van der Waals surface area contributed by atoms with E-state index in [0.717, 1.165) is 25.7 Å². The van der Waals surface area contributed by atoms with Gasteiger partial charge >= 0.3 is 0 Å². The second-order valence-corrected chi connectivity index (χ2v) is 6.96. The van der Waals surface area contributed by atoms with Gasteiger partial charge in [0.15, 0.2) is 11.5 Å². The number of nitrogens with zero attached hydrogens (tertiary/aromatic N) is 3. The molecule has 0 aliphatic carbocycles. The van der Waals surface area contributed by atoms with E-state index in [-0.39, 0.29) is 5.75 Å². The maximum absolute atomic E-state index is 10.5. The quantitative estimate of drug-likeness (QED) is 0.692. The van der Waals surface area contributed by atoms with Gasteiger partial charge in [0.25, 0.3) is 5.79 Å². The van der Waals surface area contributed by atoms with E-state index in [1.807, 2.05) is 0 Å². The monoisotopic (exact) mass is 373 g/mol. The van der Waals surface area contributed by atoms with Crippen molar-refractivity contribution < 1.29 is 14.6 Å². The number of aromatic hydroxyl groups is 1. The highest BCUT2D eigenvalue weighted by atomic mass is 35.5. The zero-order valence-corrected chi connectivity index (χ0v) is 15.5. The van der Waals surface area contributed by atoms with E-state index in [2.05, 4.69) is 24.0 Å². The van der Waals surface area contributed by atoms with Gasteiger partial charge in [-0.25, -0.2) is 0 Å². The third kappa shape index (κ3) is 2.84. The molecular weight excluding hydrogens is 354 g/mol. The van der Waals surface area contributed by atoms with Crippen LogP contribution in [-0.4, -0.2) is 25.9 Å². The Morgan fingerprint density at radius 2 is 1.65 bits per heavy atom. The topological polar surface area (TPSA) is 69.4 Å². The number of rotatable bonds is 5. The minimum absolute atomic E-state index is 0.0301. The third-order valence-corrected chi connectivity index (χ3v) is 4.69. The highest BCUT2D eigenvalue weighted by Crippen LogP contribution is 2.46. The van der Waals surface area contributed by atoms with Crippen molar-refractivity contribution in [2.75, 3.05) is 0 Å². The van der Waals surface area contributed by atoms with Crippen LogP contribution in [0.25, 0.3) is 16.7 Å². The van der Waals surface area contributed by atoms with Crippen LogP contribution in [0.15, 0.2) is 30.3 Å². The largest absolute Gasteiger partial charge is 0.505 e. The summed E-state index contributed by atoms with van der Waals surface area (Å²) in [4.78, 5) is 1.39. The molecule has 3 aromatic rings. The Balaban J connectivity index is 1.74. The van der Waals surface area contributed by atoms with Crippen LogP contribution in [0.1, 0.15) is 39.5 Å². The summed E-state index contributed by atoms with van der Waals surface area (Å²) in [5, 5.41) is 19.9. The molecule has 1 aromatic heterocycles. The molecule has 6 nitrogen and oxygen atoms in total. The van der Waals surface area contributed by atoms with Gasteiger partial charge in [0.2, 0.25) is 0 Å². The van der Waals surface area contributed by atoms with Crippen molar-refractivity contribution >= 4 is 22.6 Å². The lowest BCUT2D eigenvalue weighted by atomic mass is 10.1. The molecule has 0 atom stereocenters. The molecule has 4 rings (SSSR count). The average Bonchev–Trinajstić information content (AvgIpc) is 3.14. The normalized spacial score (nSPS) is 14.9. The maximum Gasteiger partial charge on any atom is 0.251 e. The summed E-state index contributed by atoms with van der Waals surface area (Å²) in [7, 11) is 0. The van der Waals surface area contributed by atoms with Crippen LogP contribution in [0, 0.1) is 0 Å². The molecule has 0 fully saturated rings. The molecule has 0 spiro atoms. The van der Waals surface area contributed by atoms with Crippen LogP contribution in [0.2, 0.25) is 5.02 Å². The van der Waals surface area contributed by atoms with Crippen molar-refractivity contribution in [3.8, 4) is 22.9 Å². The smallest absolute Gasteiger partial charge is 0.251 e. The highest BCUT2D eigenvalue weighted by Gasteiger charge is 2.40. The Bertz CT molecular complexity index is 964. The Morgan fingerprint density at radius 3 is 2.35 bits per heavy atom. The van der Waals surface area contributed by atoms with Gasteiger partial charge in [-0.3, -0.25) is 0 Å². The standard InChI is InChI=1S/C19H20ClN3O3/c1-3-7-19(8-4-2)25-17-10-15(16(24)11-18(17)26-19)23-21-13-6-5-12(20)9-14(13)22-23/h5-6,9-11,24H,3-4,7-8H2,1-2H3. The molecular formula is C19H20ClN3O3. The average molecular weight is 374 g/mol. The van der Waals surface area contributed by atoms with Gasteiger partial charge in [-0.1, -0.05) is 25.4 Å². The molecule has 26 heavy (non-hydrogen) atoms. The molecule has 0 amide bonds. The molecule has 1 N–H and O–H groups in total. The molecule has 0 radical (unpaired) electrons. The van der Waals surface area contributed by atoms with Crippen molar-refractivity contribution in [2.24, 2.45) is 0 Å². The maximum atomic E-state index is 10.5. The second kappa shape index (κ2) is 6.36. The fraction of sp³-hybridized carbons (Fsp3) is 0.368. The van der Waals surface area contributed by atoms with Crippen molar-refractivity contribution in [2.45, 2.75) is 45.3 Å². The van der Waals surface area contributed by atoms with Gasteiger partial charge in [-0.2, -0.15) is 0 Å². The highest BCUT2D eigenvalue weighted by molar-refractivity contribution is 6.31. The first kappa shape index (κ1) is 17.0. The van der Waals surface area contributed by atoms with E-state index in [4.69, 9.17) is 21.1 Å². The Labute approximate surface area is 156 Å². The zero-order chi connectivity index (χ0) is 18.3. The fourth-order valence-electron chi connectivity index (χ4n) is 3.37. The van der Waals surface area contributed by atoms with Gasteiger partial charge in [0.1, 0.15) is 22.5 Å². The van der Waals surface area contributed by atoms with Crippen molar-refractivity contribution in [3.63, 3.8) is 0 Å². The lowest BCUT2D eigenvalue weighted by Crippen LogP contribution is -2.38. The van der Waals surface area contributed by atoms with E-state index in [0.29, 0.717) is 33.2 Å². The van der Waals surface area contributed by atoms with Crippen LogP contribution in [-0.2, 0) is 0 Å². The minimum atomic E-state index is -0.660. The minimum Gasteiger partial charge on any atom is -0.505 e.